The van der Waals surface area contributed by atoms with Crippen molar-refractivity contribution in [2.75, 3.05) is 13.2 Å². The number of rotatable bonds is 8. The Morgan fingerprint density at radius 1 is 1.13 bits per heavy atom. The fourth-order valence-corrected chi connectivity index (χ4v) is 3.46. The average molecular weight is 475 g/mol. The molecule has 0 bridgehead atoms. The summed E-state index contributed by atoms with van der Waals surface area (Å²) in [5, 5.41) is 2.79. The topological polar surface area (TPSA) is 58.6 Å². The Morgan fingerprint density at radius 2 is 1.80 bits per heavy atom. The molecule has 5 nitrogen and oxygen atoms in total. The van der Waals surface area contributed by atoms with Gasteiger partial charge in [-0.1, -0.05) is 61.0 Å². The van der Waals surface area contributed by atoms with Gasteiger partial charge in [0.2, 0.25) is 5.91 Å². The van der Waals surface area contributed by atoms with Crippen LogP contribution in [0.1, 0.15) is 45.7 Å². The fraction of sp³-hybridized carbons (Fsp3) is 0.417. The minimum atomic E-state index is -0.608. The number of likely N-dealkylation sites (N-methyl/N-ethyl adjacent to an activating group) is 1. The van der Waals surface area contributed by atoms with Gasteiger partial charge < -0.3 is 15.0 Å². The monoisotopic (exact) mass is 474 g/mol. The lowest BCUT2D eigenvalue weighted by atomic mass is 9.87. The lowest BCUT2D eigenvalue weighted by Crippen LogP contribution is -2.49. The molecule has 30 heavy (non-hydrogen) atoms. The molecule has 0 heterocycles. The lowest BCUT2D eigenvalue weighted by Gasteiger charge is -2.28. The summed E-state index contributed by atoms with van der Waals surface area (Å²) in [6.45, 7) is 10.7. The Labute approximate surface area is 187 Å². The van der Waals surface area contributed by atoms with Crippen molar-refractivity contribution >= 4 is 27.7 Å². The smallest absolute Gasteiger partial charge is 0.261 e. The summed E-state index contributed by atoms with van der Waals surface area (Å²) in [7, 11) is 0. The van der Waals surface area contributed by atoms with E-state index in [0.29, 0.717) is 18.8 Å². The van der Waals surface area contributed by atoms with Crippen LogP contribution in [0, 0.1) is 0 Å². The number of halogens is 1. The first-order chi connectivity index (χ1) is 14.1. The first-order valence-corrected chi connectivity index (χ1v) is 11.0. The molecule has 0 fully saturated rings. The number of nitrogens with zero attached hydrogens (tertiary/aromatic N) is 1. The zero-order valence-corrected chi connectivity index (χ0v) is 20.0. The number of carbonyl (C=O) groups is 2. The zero-order valence-electron chi connectivity index (χ0n) is 18.4. The predicted molar refractivity (Wildman–Crippen MR) is 123 cm³/mol. The van der Waals surface area contributed by atoms with E-state index in [1.807, 2.05) is 55.5 Å². The molecule has 0 aliphatic carbocycles. The van der Waals surface area contributed by atoms with E-state index in [0.717, 1.165) is 10.0 Å². The van der Waals surface area contributed by atoms with E-state index in [2.05, 4.69) is 42.0 Å². The molecule has 0 radical (unpaired) electrons. The second-order valence-corrected chi connectivity index (χ2v) is 9.20. The van der Waals surface area contributed by atoms with E-state index in [1.165, 1.54) is 5.56 Å². The molecule has 162 valence electrons. The molecular weight excluding hydrogens is 444 g/mol. The van der Waals surface area contributed by atoms with Crippen molar-refractivity contribution in [3.63, 3.8) is 0 Å². The molecule has 1 N–H and O–H groups in total. The quantitative estimate of drug-likeness (QED) is 0.603. The van der Waals surface area contributed by atoms with Crippen LogP contribution < -0.4 is 10.1 Å². The maximum absolute atomic E-state index is 13.0. The van der Waals surface area contributed by atoms with Crippen LogP contribution in [0.4, 0.5) is 0 Å². The summed E-state index contributed by atoms with van der Waals surface area (Å²) in [6, 6.07) is 14.9. The summed E-state index contributed by atoms with van der Waals surface area (Å²) >= 11 is 3.45. The molecule has 2 amide bonds. The van der Waals surface area contributed by atoms with Crippen molar-refractivity contribution in [2.24, 2.45) is 0 Å². The molecule has 1 atom stereocenters. The molecule has 0 spiro atoms. The van der Waals surface area contributed by atoms with Gasteiger partial charge in [-0.05, 0) is 54.7 Å². The van der Waals surface area contributed by atoms with E-state index < -0.39 is 6.04 Å². The molecule has 0 aromatic heterocycles. The molecule has 0 saturated heterocycles. The van der Waals surface area contributed by atoms with Crippen LogP contribution in [0.25, 0.3) is 0 Å². The van der Waals surface area contributed by atoms with Crippen LogP contribution in [-0.2, 0) is 21.5 Å². The van der Waals surface area contributed by atoms with Gasteiger partial charge in [0.15, 0.2) is 6.61 Å². The molecule has 6 heteroatoms. The Balaban J connectivity index is 2.12. The Kier molecular flexibility index (Phi) is 8.47. The molecule has 0 unspecified atom stereocenters. The lowest BCUT2D eigenvalue weighted by molar-refractivity contribution is -0.142. The van der Waals surface area contributed by atoms with Gasteiger partial charge >= 0.3 is 0 Å². The summed E-state index contributed by atoms with van der Waals surface area (Å²) in [5.41, 5.74) is 2.18. The van der Waals surface area contributed by atoms with Crippen LogP contribution in [0.3, 0.4) is 0 Å². The fourth-order valence-electron chi connectivity index (χ4n) is 3.02. The van der Waals surface area contributed by atoms with Gasteiger partial charge in [0.05, 0.1) is 0 Å². The van der Waals surface area contributed by atoms with Gasteiger partial charge in [-0.15, -0.1) is 0 Å². The minimum Gasteiger partial charge on any atom is -0.484 e. The summed E-state index contributed by atoms with van der Waals surface area (Å²) < 4.78 is 6.66. The van der Waals surface area contributed by atoms with E-state index in [-0.39, 0.29) is 23.8 Å². The third-order valence-electron chi connectivity index (χ3n) is 4.84. The third kappa shape index (κ3) is 6.87. The van der Waals surface area contributed by atoms with Crippen LogP contribution in [0.15, 0.2) is 53.0 Å². The van der Waals surface area contributed by atoms with Crippen LogP contribution in [0.2, 0.25) is 0 Å². The number of carbonyl (C=O) groups excluding carboxylic acids is 2. The number of hydrogen-bond donors (Lipinski definition) is 1. The van der Waals surface area contributed by atoms with Gasteiger partial charge in [0.25, 0.3) is 5.91 Å². The van der Waals surface area contributed by atoms with Gasteiger partial charge in [-0.3, -0.25) is 9.59 Å². The number of amides is 2. The van der Waals surface area contributed by atoms with Gasteiger partial charge in [0.1, 0.15) is 11.8 Å². The summed E-state index contributed by atoms with van der Waals surface area (Å²) in [6.07, 6.45) is 0. The number of hydrogen-bond acceptors (Lipinski definition) is 3. The molecule has 2 aromatic carbocycles. The second kappa shape index (κ2) is 10.6. The summed E-state index contributed by atoms with van der Waals surface area (Å²) in [4.78, 5) is 26.9. The zero-order chi connectivity index (χ0) is 22.3. The van der Waals surface area contributed by atoms with E-state index >= 15 is 0 Å². The van der Waals surface area contributed by atoms with E-state index in [9.17, 15) is 9.59 Å². The summed E-state index contributed by atoms with van der Waals surface area (Å²) in [5.74, 6) is 0.202. The molecule has 2 rings (SSSR count). The van der Waals surface area contributed by atoms with E-state index in [4.69, 9.17) is 4.74 Å². The SMILES string of the molecule is CCNC(=O)[C@@H](C)N(Cc1cccc(Br)c1)C(=O)COc1ccc(C(C)(C)C)cc1. The third-order valence-corrected chi connectivity index (χ3v) is 5.34. The highest BCUT2D eigenvalue weighted by atomic mass is 79.9. The molecule has 0 aliphatic rings. The first kappa shape index (κ1) is 23.9. The van der Waals surface area contributed by atoms with Crippen LogP contribution >= 0.6 is 15.9 Å². The molecular formula is C24H31BrN2O3. The van der Waals surface area contributed by atoms with Crippen molar-refractivity contribution in [2.45, 2.75) is 52.6 Å². The van der Waals surface area contributed by atoms with Gasteiger partial charge in [0, 0.05) is 17.6 Å². The standard InChI is InChI=1S/C24H31BrN2O3/c1-6-26-23(29)17(2)27(15-18-8-7-9-20(25)14-18)22(28)16-30-21-12-10-19(11-13-21)24(3,4)5/h7-14,17H,6,15-16H2,1-5H3,(H,26,29)/t17-/m1/s1. The van der Waals surface area contributed by atoms with Gasteiger partial charge in [-0.2, -0.15) is 0 Å². The van der Waals surface area contributed by atoms with E-state index in [1.54, 1.807) is 11.8 Å². The first-order valence-electron chi connectivity index (χ1n) is 10.2. The Hall–Kier alpha value is -2.34. The number of ether oxygens (including phenoxy) is 1. The number of nitrogens with one attached hydrogen (secondary N) is 1. The number of benzene rings is 2. The highest BCUT2D eigenvalue weighted by Crippen LogP contribution is 2.24. The average Bonchev–Trinajstić information content (AvgIpc) is 2.69. The minimum absolute atomic E-state index is 0.0528. The highest BCUT2D eigenvalue weighted by molar-refractivity contribution is 9.10. The van der Waals surface area contributed by atoms with Crippen molar-refractivity contribution < 1.29 is 14.3 Å². The molecule has 0 saturated carbocycles. The van der Waals surface area contributed by atoms with Crippen molar-refractivity contribution in [3.8, 4) is 5.75 Å². The van der Waals surface area contributed by atoms with Crippen LogP contribution in [0.5, 0.6) is 5.75 Å². The van der Waals surface area contributed by atoms with Crippen molar-refractivity contribution in [1.29, 1.82) is 0 Å². The largest absolute Gasteiger partial charge is 0.484 e. The predicted octanol–water partition coefficient (Wildman–Crippen LogP) is 4.68. The second-order valence-electron chi connectivity index (χ2n) is 8.29. The molecule has 2 aromatic rings. The van der Waals surface area contributed by atoms with Crippen molar-refractivity contribution in [1.82, 2.24) is 10.2 Å². The maximum Gasteiger partial charge on any atom is 0.261 e. The highest BCUT2D eigenvalue weighted by Gasteiger charge is 2.26. The Bertz CT molecular complexity index is 859. The van der Waals surface area contributed by atoms with Crippen LogP contribution in [-0.4, -0.2) is 35.9 Å². The normalized spacial score (nSPS) is 12.2. The Morgan fingerprint density at radius 3 is 2.37 bits per heavy atom. The van der Waals surface area contributed by atoms with Crippen molar-refractivity contribution in [3.05, 3.63) is 64.1 Å². The maximum atomic E-state index is 13.0. The molecule has 0 aliphatic heterocycles. The van der Waals surface area contributed by atoms with Gasteiger partial charge in [-0.25, -0.2) is 0 Å².